The zero-order valence-corrected chi connectivity index (χ0v) is 11.8. The van der Waals surface area contributed by atoms with E-state index in [2.05, 4.69) is 32.7 Å². The van der Waals surface area contributed by atoms with Crippen molar-refractivity contribution < 1.29 is 4.74 Å². The summed E-state index contributed by atoms with van der Waals surface area (Å²) in [6, 6.07) is 0.423. The van der Waals surface area contributed by atoms with Crippen LogP contribution in [0.15, 0.2) is 0 Å². The summed E-state index contributed by atoms with van der Waals surface area (Å²) in [7, 11) is 3.94. The summed E-state index contributed by atoms with van der Waals surface area (Å²) in [4.78, 5) is 2.42. The molecule has 0 aliphatic carbocycles. The van der Waals surface area contributed by atoms with Crippen LogP contribution >= 0.6 is 0 Å². The van der Waals surface area contributed by atoms with Crippen molar-refractivity contribution in [2.45, 2.75) is 58.0 Å². The highest BCUT2D eigenvalue weighted by Crippen LogP contribution is 2.27. The van der Waals surface area contributed by atoms with Crippen molar-refractivity contribution in [3.63, 3.8) is 0 Å². The average Bonchev–Trinajstić information content (AvgIpc) is 2.28. The van der Waals surface area contributed by atoms with E-state index in [1.165, 1.54) is 25.7 Å². The van der Waals surface area contributed by atoms with Gasteiger partial charge in [-0.3, -0.25) is 4.90 Å². The molecule has 1 atom stereocenters. The second-order valence-electron chi connectivity index (χ2n) is 4.84. The van der Waals surface area contributed by atoms with Gasteiger partial charge in [0.15, 0.2) is 0 Å². The summed E-state index contributed by atoms with van der Waals surface area (Å²) >= 11 is 0. The van der Waals surface area contributed by atoms with E-state index in [9.17, 15) is 0 Å². The lowest BCUT2D eigenvalue weighted by Crippen LogP contribution is -2.56. The fourth-order valence-corrected chi connectivity index (χ4v) is 2.58. The molecule has 98 valence electrons. The largest absolute Gasteiger partial charge is 0.383 e. The second kappa shape index (κ2) is 8.04. The molecule has 0 rings (SSSR count). The zero-order chi connectivity index (χ0) is 12.6. The number of hydrogen-bond donors (Lipinski definition) is 1. The minimum Gasteiger partial charge on any atom is -0.383 e. The van der Waals surface area contributed by atoms with Gasteiger partial charge in [0.05, 0.1) is 6.61 Å². The monoisotopic (exact) mass is 230 g/mol. The summed E-state index contributed by atoms with van der Waals surface area (Å²) in [6.45, 7) is 8.17. The Morgan fingerprint density at radius 1 is 1.25 bits per heavy atom. The van der Waals surface area contributed by atoms with Crippen LogP contribution in [0.3, 0.4) is 0 Å². The molecule has 0 aromatic rings. The molecule has 0 heterocycles. The first kappa shape index (κ1) is 15.9. The average molecular weight is 230 g/mol. The van der Waals surface area contributed by atoms with E-state index in [4.69, 9.17) is 10.5 Å². The summed E-state index contributed by atoms with van der Waals surface area (Å²) < 4.78 is 5.24. The van der Waals surface area contributed by atoms with Gasteiger partial charge in [0, 0.05) is 25.2 Å². The van der Waals surface area contributed by atoms with Gasteiger partial charge in [-0.15, -0.1) is 0 Å². The standard InChI is InChI=1S/C13H30N2O/c1-6-8-13(11-14,9-7-2)15(4)12(3)10-16-5/h12H,6-11,14H2,1-5H3. The molecule has 0 bridgehead atoms. The Morgan fingerprint density at radius 2 is 1.75 bits per heavy atom. The first-order valence-corrected chi connectivity index (χ1v) is 6.49. The zero-order valence-electron chi connectivity index (χ0n) is 11.8. The predicted octanol–water partition coefficient (Wildman–Crippen LogP) is 2.25. The SMILES string of the molecule is CCCC(CN)(CCC)N(C)C(C)COC. The van der Waals surface area contributed by atoms with Crippen molar-refractivity contribution in [1.82, 2.24) is 4.90 Å². The second-order valence-corrected chi connectivity index (χ2v) is 4.84. The van der Waals surface area contributed by atoms with Crippen molar-refractivity contribution >= 4 is 0 Å². The number of nitrogens with two attached hydrogens (primary N) is 1. The number of nitrogens with zero attached hydrogens (tertiary/aromatic N) is 1. The molecule has 3 nitrogen and oxygen atoms in total. The smallest absolute Gasteiger partial charge is 0.0615 e. The highest BCUT2D eigenvalue weighted by Gasteiger charge is 2.33. The van der Waals surface area contributed by atoms with E-state index in [1.54, 1.807) is 7.11 Å². The quantitative estimate of drug-likeness (QED) is 0.660. The highest BCUT2D eigenvalue weighted by atomic mass is 16.5. The van der Waals surface area contributed by atoms with Gasteiger partial charge in [-0.25, -0.2) is 0 Å². The van der Waals surface area contributed by atoms with Crippen LogP contribution in [0.1, 0.15) is 46.5 Å². The summed E-state index contributed by atoms with van der Waals surface area (Å²) in [6.07, 6.45) is 4.70. The van der Waals surface area contributed by atoms with Crippen LogP contribution in [0.5, 0.6) is 0 Å². The van der Waals surface area contributed by atoms with Crippen LogP contribution in [0.25, 0.3) is 0 Å². The maximum Gasteiger partial charge on any atom is 0.0615 e. The number of hydrogen-bond acceptors (Lipinski definition) is 3. The third-order valence-corrected chi connectivity index (χ3v) is 3.63. The number of ether oxygens (including phenoxy) is 1. The Hall–Kier alpha value is -0.120. The van der Waals surface area contributed by atoms with E-state index >= 15 is 0 Å². The summed E-state index contributed by atoms with van der Waals surface area (Å²) in [5.74, 6) is 0. The maximum atomic E-state index is 6.03. The molecule has 0 aliphatic rings. The lowest BCUT2D eigenvalue weighted by atomic mass is 9.86. The fourth-order valence-electron chi connectivity index (χ4n) is 2.58. The Morgan fingerprint density at radius 3 is 2.06 bits per heavy atom. The first-order valence-electron chi connectivity index (χ1n) is 6.49. The highest BCUT2D eigenvalue weighted by molar-refractivity contribution is 4.91. The molecule has 0 saturated heterocycles. The lowest BCUT2D eigenvalue weighted by Gasteiger charge is -2.44. The molecule has 0 aromatic heterocycles. The van der Waals surface area contributed by atoms with Gasteiger partial charge >= 0.3 is 0 Å². The topological polar surface area (TPSA) is 38.5 Å². The van der Waals surface area contributed by atoms with Crippen LogP contribution in [-0.2, 0) is 4.74 Å². The van der Waals surface area contributed by atoms with Gasteiger partial charge < -0.3 is 10.5 Å². The Bertz CT molecular complexity index is 167. The van der Waals surface area contributed by atoms with E-state index in [1.807, 2.05) is 0 Å². The van der Waals surface area contributed by atoms with Gasteiger partial charge in [0.25, 0.3) is 0 Å². The van der Waals surface area contributed by atoms with Gasteiger partial charge in [-0.2, -0.15) is 0 Å². The van der Waals surface area contributed by atoms with Crippen LogP contribution in [0.2, 0.25) is 0 Å². The van der Waals surface area contributed by atoms with Crippen LogP contribution in [0, 0.1) is 0 Å². The third-order valence-electron chi connectivity index (χ3n) is 3.63. The van der Waals surface area contributed by atoms with Crippen molar-refractivity contribution in [2.75, 3.05) is 27.3 Å². The van der Waals surface area contributed by atoms with Crippen molar-refractivity contribution in [3.05, 3.63) is 0 Å². The number of methoxy groups -OCH3 is 1. The molecule has 0 saturated carbocycles. The lowest BCUT2D eigenvalue weighted by molar-refractivity contribution is 0.0266. The van der Waals surface area contributed by atoms with Crippen LogP contribution in [-0.4, -0.2) is 43.8 Å². The summed E-state index contributed by atoms with van der Waals surface area (Å²) in [5, 5.41) is 0. The van der Waals surface area contributed by atoms with Gasteiger partial charge in [-0.05, 0) is 26.8 Å². The molecule has 0 fully saturated rings. The van der Waals surface area contributed by atoms with Crippen molar-refractivity contribution in [2.24, 2.45) is 5.73 Å². The van der Waals surface area contributed by atoms with Crippen molar-refractivity contribution in [1.29, 1.82) is 0 Å². The van der Waals surface area contributed by atoms with E-state index in [-0.39, 0.29) is 5.54 Å². The molecule has 0 aliphatic heterocycles. The number of likely N-dealkylation sites (N-methyl/N-ethyl adjacent to an activating group) is 1. The molecule has 3 heteroatoms. The van der Waals surface area contributed by atoms with Gasteiger partial charge in [0.2, 0.25) is 0 Å². The Kier molecular flexibility index (Phi) is 7.98. The van der Waals surface area contributed by atoms with Gasteiger partial charge in [-0.1, -0.05) is 26.7 Å². The summed E-state index contributed by atoms with van der Waals surface area (Å²) in [5.41, 5.74) is 6.19. The van der Waals surface area contributed by atoms with Crippen LogP contribution in [0.4, 0.5) is 0 Å². The van der Waals surface area contributed by atoms with E-state index in [0.29, 0.717) is 6.04 Å². The molecule has 16 heavy (non-hydrogen) atoms. The molecule has 2 N–H and O–H groups in total. The van der Waals surface area contributed by atoms with E-state index in [0.717, 1.165) is 13.2 Å². The molecular formula is C13H30N2O. The third kappa shape index (κ3) is 4.04. The Balaban J connectivity index is 4.69. The predicted molar refractivity (Wildman–Crippen MR) is 70.7 cm³/mol. The van der Waals surface area contributed by atoms with Crippen LogP contribution < -0.4 is 5.73 Å². The maximum absolute atomic E-state index is 6.03. The molecule has 1 unspecified atom stereocenters. The minimum atomic E-state index is 0.154. The normalized spacial score (nSPS) is 14.4. The minimum absolute atomic E-state index is 0.154. The Labute approximate surface area is 101 Å². The van der Waals surface area contributed by atoms with Crippen molar-refractivity contribution in [3.8, 4) is 0 Å². The molecule has 0 aromatic carbocycles. The molecule has 0 amide bonds. The molecular weight excluding hydrogens is 200 g/mol. The molecule has 0 spiro atoms. The molecule has 0 radical (unpaired) electrons. The fraction of sp³-hybridized carbons (Fsp3) is 1.00. The first-order chi connectivity index (χ1) is 7.57. The van der Waals surface area contributed by atoms with E-state index < -0.39 is 0 Å². The number of rotatable bonds is 9. The van der Waals surface area contributed by atoms with Gasteiger partial charge in [0.1, 0.15) is 0 Å².